The first-order chi connectivity index (χ1) is 9.13. The Balaban J connectivity index is 4.21. The van der Waals surface area contributed by atoms with Crippen LogP contribution in [0.5, 0.6) is 0 Å². The number of amides is 1. The molecule has 0 radical (unpaired) electrons. The fraction of sp³-hybridized carbons (Fsp3) is 0.917. The lowest BCUT2D eigenvalue weighted by Crippen LogP contribution is -2.44. The van der Waals surface area contributed by atoms with Crippen molar-refractivity contribution in [2.75, 3.05) is 45.6 Å². The lowest BCUT2D eigenvalue weighted by molar-refractivity contribution is -0.129. The summed E-state index contributed by atoms with van der Waals surface area (Å²) < 4.78 is 30.4. The molecule has 0 rings (SSSR count). The minimum Gasteiger partial charge on any atom is -0.381 e. The van der Waals surface area contributed by atoms with Gasteiger partial charge in [0.15, 0.2) is 0 Å². The summed E-state index contributed by atoms with van der Waals surface area (Å²) in [5.74, 6) is -0.432. The van der Waals surface area contributed by atoms with Gasteiger partial charge in [0.05, 0.1) is 18.9 Å². The van der Waals surface area contributed by atoms with Gasteiger partial charge in [0.25, 0.3) is 0 Å². The van der Waals surface area contributed by atoms with E-state index in [2.05, 4.69) is 4.72 Å². The maximum Gasteiger partial charge on any atom is 0.237 e. The Morgan fingerprint density at radius 3 is 2.50 bits per heavy atom. The molecule has 8 heteroatoms. The van der Waals surface area contributed by atoms with Crippen molar-refractivity contribution in [2.45, 2.75) is 20.8 Å². The second-order valence-corrected chi connectivity index (χ2v) is 7.38. The van der Waals surface area contributed by atoms with E-state index < -0.39 is 10.0 Å². The van der Waals surface area contributed by atoms with Gasteiger partial charge in [0.2, 0.25) is 15.9 Å². The molecule has 1 amide bonds. The molecule has 0 aromatic carbocycles. The highest BCUT2D eigenvalue weighted by Gasteiger charge is 2.22. The number of carbonyl (C=O) groups is 1. The lowest BCUT2D eigenvalue weighted by Gasteiger charge is -2.29. The summed E-state index contributed by atoms with van der Waals surface area (Å²) in [5.41, 5.74) is 5.41. The third kappa shape index (κ3) is 8.47. The van der Waals surface area contributed by atoms with Crippen molar-refractivity contribution in [1.29, 1.82) is 0 Å². The molecule has 7 nitrogen and oxygen atoms in total. The molecule has 120 valence electrons. The number of likely N-dealkylation sites (N-methyl/N-ethyl adjacent to an activating group) is 1. The third-order valence-electron chi connectivity index (χ3n) is 2.79. The SMILES string of the molecule is CCOCCS(=O)(=O)NCC(=O)N(C)CC(C)(C)CN. The van der Waals surface area contributed by atoms with Gasteiger partial charge in [-0.05, 0) is 18.9 Å². The van der Waals surface area contributed by atoms with E-state index in [1.807, 2.05) is 13.8 Å². The van der Waals surface area contributed by atoms with E-state index in [0.717, 1.165) is 0 Å². The van der Waals surface area contributed by atoms with Crippen molar-refractivity contribution in [3.05, 3.63) is 0 Å². The number of nitrogens with zero attached hydrogens (tertiary/aromatic N) is 1. The number of ether oxygens (including phenoxy) is 1. The topological polar surface area (TPSA) is 102 Å². The summed E-state index contributed by atoms with van der Waals surface area (Å²) in [6.07, 6.45) is 0. The van der Waals surface area contributed by atoms with E-state index in [0.29, 0.717) is 19.7 Å². The molecule has 0 bridgehead atoms. The van der Waals surface area contributed by atoms with Gasteiger partial charge < -0.3 is 15.4 Å². The van der Waals surface area contributed by atoms with Crippen molar-refractivity contribution in [3.8, 4) is 0 Å². The van der Waals surface area contributed by atoms with Crippen LogP contribution >= 0.6 is 0 Å². The molecule has 0 aromatic heterocycles. The van der Waals surface area contributed by atoms with Crippen molar-refractivity contribution in [3.63, 3.8) is 0 Å². The van der Waals surface area contributed by atoms with Crippen LogP contribution in [0, 0.1) is 5.41 Å². The number of rotatable bonds is 10. The molecule has 0 saturated carbocycles. The molecule has 0 saturated heterocycles. The van der Waals surface area contributed by atoms with Gasteiger partial charge in [-0.15, -0.1) is 0 Å². The van der Waals surface area contributed by atoms with Crippen molar-refractivity contribution in [2.24, 2.45) is 11.1 Å². The van der Waals surface area contributed by atoms with Crippen LogP contribution in [0.2, 0.25) is 0 Å². The Hall–Kier alpha value is -0.700. The monoisotopic (exact) mass is 309 g/mol. The van der Waals surface area contributed by atoms with Crippen molar-refractivity contribution >= 4 is 15.9 Å². The average molecular weight is 309 g/mol. The van der Waals surface area contributed by atoms with E-state index in [1.165, 1.54) is 4.90 Å². The second-order valence-electron chi connectivity index (χ2n) is 5.46. The van der Waals surface area contributed by atoms with Gasteiger partial charge in [0, 0.05) is 20.2 Å². The molecule has 3 N–H and O–H groups in total. The number of nitrogens with two attached hydrogens (primary N) is 1. The number of nitrogens with one attached hydrogen (secondary N) is 1. The normalized spacial score (nSPS) is 12.4. The van der Waals surface area contributed by atoms with Crippen LogP contribution in [0.25, 0.3) is 0 Å². The van der Waals surface area contributed by atoms with Gasteiger partial charge in [-0.25, -0.2) is 13.1 Å². The minimum atomic E-state index is -3.48. The molecule has 20 heavy (non-hydrogen) atoms. The minimum absolute atomic E-state index is 0.121. The summed E-state index contributed by atoms with van der Waals surface area (Å²) in [5, 5.41) is 0. The molecule has 0 aliphatic heterocycles. The Bertz CT molecular complexity index is 396. The predicted octanol–water partition coefficient (Wildman–Crippen LogP) is -0.614. The number of sulfonamides is 1. The first-order valence-electron chi connectivity index (χ1n) is 6.62. The van der Waals surface area contributed by atoms with Crippen LogP contribution in [0.4, 0.5) is 0 Å². The highest BCUT2D eigenvalue weighted by atomic mass is 32.2. The lowest BCUT2D eigenvalue weighted by atomic mass is 9.93. The maximum absolute atomic E-state index is 11.8. The zero-order valence-electron chi connectivity index (χ0n) is 12.8. The van der Waals surface area contributed by atoms with Gasteiger partial charge >= 0.3 is 0 Å². The first kappa shape index (κ1) is 19.3. The summed E-state index contributed by atoms with van der Waals surface area (Å²) in [7, 11) is -1.85. The van der Waals surface area contributed by atoms with E-state index in [-0.39, 0.29) is 30.2 Å². The van der Waals surface area contributed by atoms with Gasteiger partial charge in [-0.2, -0.15) is 0 Å². The Kier molecular flexibility index (Phi) is 8.26. The third-order valence-corrected chi connectivity index (χ3v) is 4.08. The standard InChI is InChI=1S/C12H27N3O4S/c1-5-19-6-7-20(17,18)14-8-11(16)15(4)10-12(2,3)9-13/h14H,5-10,13H2,1-4H3. The van der Waals surface area contributed by atoms with E-state index in [9.17, 15) is 13.2 Å². The smallest absolute Gasteiger partial charge is 0.237 e. The molecule has 0 fully saturated rings. The van der Waals surface area contributed by atoms with Crippen LogP contribution < -0.4 is 10.5 Å². The first-order valence-corrected chi connectivity index (χ1v) is 8.28. The number of hydrogen-bond acceptors (Lipinski definition) is 5. The zero-order chi connectivity index (χ0) is 15.8. The van der Waals surface area contributed by atoms with E-state index >= 15 is 0 Å². The van der Waals surface area contributed by atoms with Crippen molar-refractivity contribution < 1.29 is 17.9 Å². The van der Waals surface area contributed by atoms with Crippen LogP contribution in [0.15, 0.2) is 0 Å². The summed E-state index contributed by atoms with van der Waals surface area (Å²) in [4.78, 5) is 13.3. The predicted molar refractivity (Wildman–Crippen MR) is 78.8 cm³/mol. The summed E-state index contributed by atoms with van der Waals surface area (Å²) in [6, 6.07) is 0. The Labute approximate surface area is 121 Å². The highest BCUT2D eigenvalue weighted by Crippen LogP contribution is 2.13. The zero-order valence-corrected chi connectivity index (χ0v) is 13.6. The molecule has 0 atom stereocenters. The fourth-order valence-corrected chi connectivity index (χ4v) is 2.31. The molecular formula is C12H27N3O4S. The molecule has 0 heterocycles. The maximum atomic E-state index is 11.8. The van der Waals surface area contributed by atoms with Crippen LogP contribution in [-0.2, 0) is 19.6 Å². The van der Waals surface area contributed by atoms with E-state index in [4.69, 9.17) is 10.5 Å². The second kappa shape index (κ2) is 8.56. The molecule has 0 aromatic rings. The molecular weight excluding hydrogens is 282 g/mol. The summed E-state index contributed by atoms with van der Waals surface area (Å²) >= 11 is 0. The average Bonchev–Trinajstić information content (AvgIpc) is 2.35. The molecule has 0 aliphatic carbocycles. The van der Waals surface area contributed by atoms with Crippen LogP contribution in [0.1, 0.15) is 20.8 Å². The van der Waals surface area contributed by atoms with Crippen LogP contribution in [-0.4, -0.2) is 64.9 Å². The van der Waals surface area contributed by atoms with Gasteiger partial charge in [-0.3, -0.25) is 4.79 Å². The molecule has 0 aliphatic rings. The fourth-order valence-electron chi connectivity index (χ4n) is 1.49. The van der Waals surface area contributed by atoms with Crippen molar-refractivity contribution in [1.82, 2.24) is 9.62 Å². The highest BCUT2D eigenvalue weighted by molar-refractivity contribution is 7.89. The largest absolute Gasteiger partial charge is 0.381 e. The van der Waals surface area contributed by atoms with Gasteiger partial charge in [-0.1, -0.05) is 13.8 Å². The number of carbonyl (C=O) groups excluding carboxylic acids is 1. The molecule has 0 spiro atoms. The number of hydrogen-bond donors (Lipinski definition) is 2. The Morgan fingerprint density at radius 1 is 1.40 bits per heavy atom. The van der Waals surface area contributed by atoms with E-state index in [1.54, 1.807) is 14.0 Å². The molecule has 0 unspecified atom stereocenters. The Morgan fingerprint density at radius 2 is 2.00 bits per heavy atom. The summed E-state index contributed by atoms with van der Waals surface area (Å²) in [6.45, 7) is 6.95. The quantitative estimate of drug-likeness (QED) is 0.524. The van der Waals surface area contributed by atoms with Gasteiger partial charge in [0.1, 0.15) is 0 Å². The van der Waals surface area contributed by atoms with Crippen LogP contribution in [0.3, 0.4) is 0 Å².